The number of carbonyl (C=O) groups excluding carboxylic acids is 1. The van der Waals surface area contributed by atoms with Crippen LogP contribution in [0, 0.1) is 0 Å². The van der Waals surface area contributed by atoms with Gasteiger partial charge in [-0.2, -0.15) is 0 Å². The maximum absolute atomic E-state index is 12.0. The third-order valence-electron chi connectivity index (χ3n) is 2.73. The number of methoxy groups -OCH3 is 2. The lowest BCUT2D eigenvalue weighted by atomic mass is 10.2. The van der Waals surface area contributed by atoms with E-state index in [9.17, 15) is 4.79 Å². The molecule has 0 aliphatic heterocycles. The summed E-state index contributed by atoms with van der Waals surface area (Å²) in [7, 11) is 3.20. The SMILES string of the molecule is COc1ccc(CNC(=O)c2ccc(Br)s2)c(OC)c1. The van der Waals surface area contributed by atoms with Crippen molar-refractivity contribution < 1.29 is 14.3 Å². The first-order valence-corrected chi connectivity index (χ1v) is 7.49. The van der Waals surface area contributed by atoms with Gasteiger partial charge in [-0.05, 0) is 40.2 Å². The summed E-state index contributed by atoms with van der Waals surface area (Å²) in [5.41, 5.74) is 0.900. The summed E-state index contributed by atoms with van der Waals surface area (Å²) in [6, 6.07) is 9.15. The van der Waals surface area contributed by atoms with Crippen LogP contribution in [0.5, 0.6) is 11.5 Å². The molecule has 0 aliphatic rings. The van der Waals surface area contributed by atoms with Crippen LogP contribution in [-0.4, -0.2) is 20.1 Å². The Morgan fingerprint density at radius 1 is 1.25 bits per heavy atom. The van der Waals surface area contributed by atoms with Crippen LogP contribution in [0.15, 0.2) is 34.1 Å². The summed E-state index contributed by atoms with van der Waals surface area (Å²) in [6.07, 6.45) is 0. The van der Waals surface area contributed by atoms with Crippen LogP contribution in [-0.2, 0) is 6.54 Å². The highest BCUT2D eigenvalue weighted by Crippen LogP contribution is 2.25. The van der Waals surface area contributed by atoms with Crippen molar-refractivity contribution in [2.75, 3.05) is 14.2 Å². The van der Waals surface area contributed by atoms with Crippen LogP contribution in [0.1, 0.15) is 15.2 Å². The third-order valence-corrected chi connectivity index (χ3v) is 4.35. The number of halogens is 1. The van der Waals surface area contributed by atoms with Gasteiger partial charge in [0.2, 0.25) is 0 Å². The van der Waals surface area contributed by atoms with Gasteiger partial charge in [-0.3, -0.25) is 4.79 Å². The second-order valence-electron chi connectivity index (χ2n) is 3.96. The average Bonchev–Trinajstić information content (AvgIpc) is 2.91. The van der Waals surface area contributed by atoms with Gasteiger partial charge in [0.05, 0.1) is 22.9 Å². The minimum Gasteiger partial charge on any atom is -0.497 e. The highest BCUT2D eigenvalue weighted by Gasteiger charge is 2.10. The van der Waals surface area contributed by atoms with Gasteiger partial charge in [0, 0.05) is 18.2 Å². The van der Waals surface area contributed by atoms with E-state index < -0.39 is 0 Å². The summed E-state index contributed by atoms with van der Waals surface area (Å²) in [4.78, 5) is 12.6. The zero-order chi connectivity index (χ0) is 14.5. The molecule has 1 heterocycles. The zero-order valence-corrected chi connectivity index (χ0v) is 13.5. The number of amides is 1. The van der Waals surface area contributed by atoms with Gasteiger partial charge in [0.1, 0.15) is 11.5 Å². The normalized spacial score (nSPS) is 10.2. The molecule has 0 bridgehead atoms. The molecule has 0 atom stereocenters. The van der Waals surface area contributed by atoms with E-state index in [0.717, 1.165) is 15.1 Å². The van der Waals surface area contributed by atoms with Crippen LogP contribution < -0.4 is 14.8 Å². The Morgan fingerprint density at radius 3 is 2.65 bits per heavy atom. The van der Waals surface area contributed by atoms with Crippen LogP contribution in [0.3, 0.4) is 0 Å². The highest BCUT2D eigenvalue weighted by atomic mass is 79.9. The Hall–Kier alpha value is -1.53. The van der Waals surface area contributed by atoms with Crippen molar-refractivity contribution in [1.29, 1.82) is 0 Å². The molecule has 2 rings (SSSR count). The summed E-state index contributed by atoms with van der Waals surface area (Å²) in [5, 5.41) is 2.87. The van der Waals surface area contributed by atoms with Crippen LogP contribution in [0.4, 0.5) is 0 Å². The smallest absolute Gasteiger partial charge is 0.261 e. The Morgan fingerprint density at radius 2 is 2.05 bits per heavy atom. The lowest BCUT2D eigenvalue weighted by Crippen LogP contribution is -2.22. The molecule has 2 aromatic rings. The van der Waals surface area contributed by atoms with Crippen LogP contribution in [0.2, 0.25) is 0 Å². The molecule has 6 heteroatoms. The van der Waals surface area contributed by atoms with Gasteiger partial charge in [-0.25, -0.2) is 0 Å². The van der Waals surface area contributed by atoms with E-state index >= 15 is 0 Å². The summed E-state index contributed by atoms with van der Waals surface area (Å²) < 4.78 is 11.4. The summed E-state index contributed by atoms with van der Waals surface area (Å²) in [6.45, 7) is 0.404. The molecule has 1 N–H and O–H groups in total. The zero-order valence-electron chi connectivity index (χ0n) is 11.1. The number of hydrogen-bond donors (Lipinski definition) is 1. The first-order valence-electron chi connectivity index (χ1n) is 5.88. The van der Waals surface area contributed by atoms with E-state index in [0.29, 0.717) is 17.2 Å². The Labute approximate surface area is 129 Å². The van der Waals surface area contributed by atoms with Gasteiger partial charge >= 0.3 is 0 Å². The molecule has 1 aromatic heterocycles. The molecule has 0 radical (unpaired) electrons. The quantitative estimate of drug-likeness (QED) is 0.893. The van der Waals surface area contributed by atoms with E-state index in [4.69, 9.17) is 9.47 Å². The van der Waals surface area contributed by atoms with Crippen molar-refractivity contribution in [2.45, 2.75) is 6.54 Å². The molecular formula is C14H14BrNO3S. The number of ether oxygens (including phenoxy) is 2. The average molecular weight is 356 g/mol. The predicted molar refractivity (Wildman–Crippen MR) is 82.7 cm³/mol. The molecule has 4 nitrogen and oxygen atoms in total. The van der Waals surface area contributed by atoms with Gasteiger partial charge < -0.3 is 14.8 Å². The first-order chi connectivity index (χ1) is 9.63. The van der Waals surface area contributed by atoms with Crippen molar-refractivity contribution in [1.82, 2.24) is 5.32 Å². The van der Waals surface area contributed by atoms with Crippen molar-refractivity contribution in [2.24, 2.45) is 0 Å². The van der Waals surface area contributed by atoms with Gasteiger partial charge in [-0.15, -0.1) is 11.3 Å². The second-order valence-corrected chi connectivity index (χ2v) is 6.43. The minimum absolute atomic E-state index is 0.0985. The van der Waals surface area contributed by atoms with E-state index in [-0.39, 0.29) is 5.91 Å². The maximum atomic E-state index is 12.0. The minimum atomic E-state index is -0.0985. The summed E-state index contributed by atoms with van der Waals surface area (Å²) >= 11 is 4.74. The van der Waals surface area contributed by atoms with Gasteiger partial charge in [0.25, 0.3) is 5.91 Å². The number of benzene rings is 1. The van der Waals surface area contributed by atoms with E-state index in [2.05, 4.69) is 21.2 Å². The van der Waals surface area contributed by atoms with Gasteiger partial charge in [-0.1, -0.05) is 0 Å². The van der Waals surface area contributed by atoms with Crippen molar-refractivity contribution >= 4 is 33.2 Å². The molecule has 0 unspecified atom stereocenters. The number of carbonyl (C=O) groups is 1. The van der Waals surface area contributed by atoms with Crippen molar-refractivity contribution in [3.8, 4) is 11.5 Å². The van der Waals surface area contributed by atoms with Crippen LogP contribution in [0.25, 0.3) is 0 Å². The molecule has 1 amide bonds. The molecular weight excluding hydrogens is 342 g/mol. The number of rotatable bonds is 5. The molecule has 1 aromatic carbocycles. The summed E-state index contributed by atoms with van der Waals surface area (Å²) in [5.74, 6) is 1.31. The first kappa shape index (κ1) is 14.9. The fourth-order valence-corrected chi connectivity index (χ4v) is 3.00. The topological polar surface area (TPSA) is 47.6 Å². The van der Waals surface area contributed by atoms with Crippen molar-refractivity contribution in [3.63, 3.8) is 0 Å². The molecule has 0 spiro atoms. The molecule has 0 aliphatic carbocycles. The highest BCUT2D eigenvalue weighted by molar-refractivity contribution is 9.11. The van der Waals surface area contributed by atoms with Crippen LogP contribution >= 0.6 is 27.3 Å². The Balaban J connectivity index is 2.05. The number of thiophene rings is 1. The molecule has 0 saturated carbocycles. The number of hydrogen-bond acceptors (Lipinski definition) is 4. The second kappa shape index (κ2) is 6.76. The number of nitrogens with one attached hydrogen (secondary N) is 1. The molecule has 106 valence electrons. The third kappa shape index (κ3) is 3.52. The molecule has 0 saturated heterocycles. The Bertz CT molecular complexity index is 612. The fourth-order valence-electron chi connectivity index (χ4n) is 1.70. The maximum Gasteiger partial charge on any atom is 0.261 e. The van der Waals surface area contributed by atoms with E-state index in [1.54, 1.807) is 26.4 Å². The largest absolute Gasteiger partial charge is 0.497 e. The van der Waals surface area contributed by atoms with Crippen molar-refractivity contribution in [3.05, 3.63) is 44.6 Å². The Kier molecular flexibility index (Phi) is 5.03. The monoisotopic (exact) mass is 355 g/mol. The molecule has 0 fully saturated rings. The molecule has 20 heavy (non-hydrogen) atoms. The fraction of sp³-hybridized carbons (Fsp3) is 0.214. The van der Waals surface area contributed by atoms with E-state index in [1.165, 1.54) is 11.3 Å². The lowest BCUT2D eigenvalue weighted by Gasteiger charge is -2.11. The predicted octanol–water partition coefficient (Wildman–Crippen LogP) is 3.46. The van der Waals surface area contributed by atoms with E-state index in [1.807, 2.05) is 18.2 Å². The lowest BCUT2D eigenvalue weighted by molar-refractivity contribution is 0.0955. The van der Waals surface area contributed by atoms with Gasteiger partial charge in [0.15, 0.2) is 0 Å². The standard InChI is InChI=1S/C14H14BrNO3S/c1-18-10-4-3-9(11(7-10)19-2)8-16-14(17)12-5-6-13(15)20-12/h3-7H,8H2,1-2H3,(H,16,17).